The summed E-state index contributed by atoms with van der Waals surface area (Å²) in [6.45, 7) is 3.96. The minimum Gasteiger partial charge on any atom is -0.481 e. The van der Waals surface area contributed by atoms with Crippen molar-refractivity contribution in [2.75, 3.05) is 6.54 Å². The van der Waals surface area contributed by atoms with Crippen LogP contribution in [0, 0.1) is 6.92 Å². The molecule has 28 heavy (non-hydrogen) atoms. The lowest BCUT2D eigenvalue weighted by Gasteiger charge is -2.29. The fourth-order valence-corrected chi connectivity index (χ4v) is 3.62. The maximum absolute atomic E-state index is 12.4. The smallest absolute Gasteiger partial charge is 0.315 e. The van der Waals surface area contributed by atoms with Crippen molar-refractivity contribution in [3.63, 3.8) is 0 Å². The molecule has 3 rings (SSSR count). The van der Waals surface area contributed by atoms with Gasteiger partial charge in [-0.2, -0.15) is 0 Å². The lowest BCUT2D eigenvalue weighted by Crippen LogP contribution is -2.46. The van der Waals surface area contributed by atoms with E-state index < -0.39 is 11.4 Å². The van der Waals surface area contributed by atoms with Gasteiger partial charge in [-0.3, -0.25) is 9.59 Å². The largest absolute Gasteiger partial charge is 0.481 e. The first-order chi connectivity index (χ1) is 13.5. The Bertz CT molecular complexity index is 978. The molecule has 0 aliphatic heterocycles. The van der Waals surface area contributed by atoms with Crippen molar-refractivity contribution in [1.82, 2.24) is 10.3 Å². The molecule has 0 aliphatic rings. The van der Waals surface area contributed by atoms with Crippen molar-refractivity contribution in [1.29, 1.82) is 0 Å². The van der Waals surface area contributed by atoms with Crippen LogP contribution in [0.1, 0.15) is 36.5 Å². The van der Waals surface area contributed by atoms with Crippen molar-refractivity contribution in [3.05, 3.63) is 71.4 Å². The molecule has 3 N–H and O–H groups in total. The first-order valence-corrected chi connectivity index (χ1v) is 9.58. The maximum Gasteiger partial charge on any atom is 0.315 e. The maximum atomic E-state index is 12.4. The topological polar surface area (TPSA) is 82.2 Å². The third-order valence-electron chi connectivity index (χ3n) is 5.47. The van der Waals surface area contributed by atoms with Crippen LogP contribution in [0.3, 0.4) is 0 Å². The van der Waals surface area contributed by atoms with Crippen LogP contribution < -0.4 is 5.32 Å². The van der Waals surface area contributed by atoms with Crippen LogP contribution in [-0.4, -0.2) is 28.5 Å². The van der Waals surface area contributed by atoms with E-state index in [-0.39, 0.29) is 12.5 Å². The van der Waals surface area contributed by atoms with Gasteiger partial charge in [0.2, 0.25) is 5.91 Å². The molecule has 0 fully saturated rings. The van der Waals surface area contributed by atoms with Gasteiger partial charge in [-0.25, -0.2) is 0 Å². The molecule has 0 saturated carbocycles. The van der Waals surface area contributed by atoms with E-state index in [0.717, 1.165) is 16.5 Å². The van der Waals surface area contributed by atoms with Gasteiger partial charge in [0.15, 0.2) is 0 Å². The summed E-state index contributed by atoms with van der Waals surface area (Å²) in [5.74, 6) is -1.06. The van der Waals surface area contributed by atoms with E-state index in [4.69, 9.17) is 0 Å². The molecule has 3 aromatic rings. The number of aromatic nitrogens is 1. The zero-order valence-electron chi connectivity index (χ0n) is 16.3. The lowest BCUT2D eigenvalue weighted by atomic mass is 9.78. The summed E-state index contributed by atoms with van der Waals surface area (Å²) in [5.41, 5.74) is 2.92. The fourth-order valence-electron chi connectivity index (χ4n) is 3.62. The second kappa shape index (κ2) is 8.30. The molecule has 0 spiro atoms. The first-order valence-electron chi connectivity index (χ1n) is 9.58. The third-order valence-corrected chi connectivity index (χ3v) is 5.47. The van der Waals surface area contributed by atoms with Crippen LogP contribution in [0.5, 0.6) is 0 Å². The van der Waals surface area contributed by atoms with Crippen LogP contribution in [0.25, 0.3) is 10.9 Å². The molecule has 5 nitrogen and oxygen atoms in total. The number of hydrogen-bond donors (Lipinski definition) is 3. The second-order valence-electron chi connectivity index (χ2n) is 7.25. The van der Waals surface area contributed by atoms with E-state index in [0.29, 0.717) is 24.8 Å². The highest BCUT2D eigenvalue weighted by atomic mass is 16.4. The number of carboxylic acids is 1. The van der Waals surface area contributed by atoms with E-state index in [9.17, 15) is 14.7 Å². The normalized spacial score (nSPS) is 13.2. The van der Waals surface area contributed by atoms with E-state index in [1.165, 1.54) is 5.56 Å². The number of aryl methyl sites for hydroxylation is 2. The Morgan fingerprint density at radius 2 is 1.89 bits per heavy atom. The van der Waals surface area contributed by atoms with Gasteiger partial charge >= 0.3 is 5.97 Å². The number of amides is 1. The number of carbonyl (C=O) groups excluding carboxylic acids is 1. The summed E-state index contributed by atoms with van der Waals surface area (Å²) in [5, 5.41) is 13.8. The molecule has 0 bridgehead atoms. The van der Waals surface area contributed by atoms with Gasteiger partial charge in [0.05, 0.1) is 0 Å². The van der Waals surface area contributed by atoms with Gasteiger partial charge < -0.3 is 15.4 Å². The molecule has 1 atom stereocenters. The molecule has 1 amide bonds. The SMILES string of the molecule is CCC(CNC(=O)CCc1c[nH]c2ccc(C)cc12)(C(=O)O)c1ccccc1. The minimum atomic E-state index is -1.12. The predicted octanol–water partition coefficient (Wildman–Crippen LogP) is 3.96. The highest BCUT2D eigenvalue weighted by molar-refractivity contribution is 5.86. The van der Waals surface area contributed by atoms with E-state index in [2.05, 4.69) is 22.4 Å². The van der Waals surface area contributed by atoms with Crippen molar-refractivity contribution < 1.29 is 14.7 Å². The van der Waals surface area contributed by atoms with Crippen molar-refractivity contribution in [3.8, 4) is 0 Å². The monoisotopic (exact) mass is 378 g/mol. The number of carbonyl (C=O) groups is 2. The number of nitrogens with one attached hydrogen (secondary N) is 2. The summed E-state index contributed by atoms with van der Waals surface area (Å²) >= 11 is 0. The fraction of sp³-hybridized carbons (Fsp3) is 0.304. The van der Waals surface area contributed by atoms with Crippen molar-refractivity contribution in [2.24, 2.45) is 0 Å². The Kier molecular flexibility index (Phi) is 5.83. The number of rotatable bonds is 8. The number of aromatic amines is 1. The molecule has 1 heterocycles. The van der Waals surface area contributed by atoms with Crippen LogP contribution in [0.4, 0.5) is 0 Å². The summed E-state index contributed by atoms with van der Waals surface area (Å²) in [7, 11) is 0. The van der Waals surface area contributed by atoms with E-state index >= 15 is 0 Å². The standard InChI is InChI=1S/C23H26N2O3/c1-3-23(22(27)28,18-7-5-4-6-8-18)15-25-21(26)12-10-17-14-24-20-11-9-16(2)13-19(17)20/h4-9,11,13-14,24H,3,10,12,15H2,1-2H3,(H,25,26)(H,27,28). The number of carboxylic acid groups (broad SMARTS) is 1. The van der Waals surface area contributed by atoms with Gasteiger partial charge in [-0.15, -0.1) is 0 Å². The highest BCUT2D eigenvalue weighted by Gasteiger charge is 2.38. The van der Waals surface area contributed by atoms with Gasteiger partial charge in [0, 0.05) is 30.1 Å². The number of benzene rings is 2. The Hall–Kier alpha value is -3.08. The summed E-state index contributed by atoms with van der Waals surface area (Å²) in [6.07, 6.45) is 3.26. The Balaban J connectivity index is 1.66. The average Bonchev–Trinajstić information content (AvgIpc) is 3.10. The molecule has 1 unspecified atom stereocenters. The van der Waals surface area contributed by atoms with Crippen LogP contribution in [-0.2, 0) is 21.4 Å². The zero-order valence-corrected chi connectivity index (χ0v) is 16.3. The first kappa shape index (κ1) is 19.7. The number of hydrogen-bond acceptors (Lipinski definition) is 2. The molecular weight excluding hydrogens is 352 g/mol. The van der Waals surface area contributed by atoms with Gasteiger partial charge in [-0.05, 0) is 43.0 Å². The number of fused-ring (bicyclic) bond motifs is 1. The Morgan fingerprint density at radius 3 is 2.57 bits per heavy atom. The third kappa shape index (κ3) is 3.93. The van der Waals surface area contributed by atoms with Gasteiger partial charge in [-0.1, -0.05) is 48.9 Å². The van der Waals surface area contributed by atoms with Crippen LogP contribution in [0.15, 0.2) is 54.7 Å². The molecule has 1 aromatic heterocycles. The summed E-state index contributed by atoms with van der Waals surface area (Å²) in [6, 6.07) is 15.3. The molecule has 5 heteroatoms. The zero-order chi connectivity index (χ0) is 20.1. The van der Waals surface area contributed by atoms with Crippen LogP contribution >= 0.6 is 0 Å². The molecule has 146 valence electrons. The molecule has 2 aromatic carbocycles. The molecule has 0 radical (unpaired) electrons. The predicted molar refractivity (Wildman–Crippen MR) is 110 cm³/mol. The van der Waals surface area contributed by atoms with Gasteiger partial charge in [0.1, 0.15) is 5.41 Å². The van der Waals surface area contributed by atoms with Crippen molar-refractivity contribution in [2.45, 2.75) is 38.5 Å². The molecule has 0 saturated heterocycles. The second-order valence-corrected chi connectivity index (χ2v) is 7.25. The molecule has 0 aliphatic carbocycles. The number of aliphatic carboxylic acids is 1. The lowest BCUT2D eigenvalue weighted by molar-refractivity contribution is -0.144. The van der Waals surface area contributed by atoms with Crippen molar-refractivity contribution >= 4 is 22.8 Å². The number of H-pyrrole nitrogens is 1. The summed E-state index contributed by atoms with van der Waals surface area (Å²) < 4.78 is 0. The Morgan fingerprint density at radius 1 is 1.14 bits per heavy atom. The average molecular weight is 378 g/mol. The summed E-state index contributed by atoms with van der Waals surface area (Å²) in [4.78, 5) is 27.7. The van der Waals surface area contributed by atoms with Crippen LogP contribution in [0.2, 0.25) is 0 Å². The Labute approximate surface area is 164 Å². The van der Waals surface area contributed by atoms with E-state index in [1.54, 1.807) is 12.1 Å². The van der Waals surface area contributed by atoms with Gasteiger partial charge in [0.25, 0.3) is 0 Å². The van der Waals surface area contributed by atoms with E-state index in [1.807, 2.05) is 44.3 Å². The highest BCUT2D eigenvalue weighted by Crippen LogP contribution is 2.28. The quantitative estimate of drug-likeness (QED) is 0.555. The molecular formula is C23H26N2O3. The minimum absolute atomic E-state index is 0.0780.